The van der Waals surface area contributed by atoms with Gasteiger partial charge in [0.2, 0.25) is 0 Å². The average Bonchev–Trinajstić information content (AvgIpc) is 2.45. The van der Waals surface area contributed by atoms with Gasteiger partial charge in [-0.2, -0.15) is 0 Å². The van der Waals surface area contributed by atoms with Gasteiger partial charge in [0.25, 0.3) is 5.69 Å². The number of benzene rings is 1. The van der Waals surface area contributed by atoms with Crippen LogP contribution in [-0.4, -0.2) is 38.8 Å². The number of aliphatic imine (C=N–C) groups is 1. The third kappa shape index (κ3) is 2.96. The van der Waals surface area contributed by atoms with Crippen LogP contribution >= 0.6 is 0 Å². The zero-order chi connectivity index (χ0) is 17.3. The van der Waals surface area contributed by atoms with E-state index in [2.05, 4.69) is 4.99 Å². The maximum atomic E-state index is 11.6. The van der Waals surface area contributed by atoms with Crippen molar-refractivity contribution in [3.63, 3.8) is 0 Å². The standard InChI is InChI=1S/C15H14N2O6/c1-7-11(14(18)19)13(12(15(20)21)8(2)16-7)9-4-3-5-10(6-9)17(22)23/h3-7,11H,1-2H3,(H,18,19)(H,20,21). The fourth-order valence-corrected chi connectivity index (χ4v) is 2.75. The molecule has 8 heteroatoms. The summed E-state index contributed by atoms with van der Waals surface area (Å²) < 4.78 is 0. The van der Waals surface area contributed by atoms with Crippen LogP contribution in [0.5, 0.6) is 0 Å². The highest BCUT2D eigenvalue weighted by Gasteiger charge is 2.38. The molecule has 1 aliphatic rings. The molecule has 120 valence electrons. The van der Waals surface area contributed by atoms with Crippen molar-refractivity contribution >= 4 is 28.9 Å². The largest absolute Gasteiger partial charge is 0.481 e. The van der Waals surface area contributed by atoms with Gasteiger partial charge in [-0.15, -0.1) is 0 Å². The van der Waals surface area contributed by atoms with Crippen LogP contribution in [0.25, 0.3) is 5.57 Å². The summed E-state index contributed by atoms with van der Waals surface area (Å²) >= 11 is 0. The topological polar surface area (TPSA) is 130 Å². The molecule has 0 saturated heterocycles. The molecule has 2 unspecified atom stereocenters. The fraction of sp³-hybridized carbons (Fsp3) is 0.267. The predicted molar refractivity (Wildman–Crippen MR) is 81.3 cm³/mol. The van der Waals surface area contributed by atoms with Crippen molar-refractivity contribution in [1.82, 2.24) is 0 Å². The van der Waals surface area contributed by atoms with E-state index in [0.29, 0.717) is 0 Å². The summed E-state index contributed by atoms with van der Waals surface area (Å²) in [4.78, 5) is 37.6. The van der Waals surface area contributed by atoms with Gasteiger partial charge in [-0.05, 0) is 25.0 Å². The number of non-ortho nitro benzene ring substituents is 1. The van der Waals surface area contributed by atoms with Crippen LogP contribution in [0.2, 0.25) is 0 Å². The number of rotatable bonds is 4. The molecule has 1 aliphatic heterocycles. The molecule has 0 saturated carbocycles. The highest BCUT2D eigenvalue weighted by Crippen LogP contribution is 2.36. The smallest absolute Gasteiger partial charge is 0.337 e. The van der Waals surface area contributed by atoms with Crippen molar-refractivity contribution in [2.45, 2.75) is 19.9 Å². The normalized spacial score (nSPS) is 20.9. The highest BCUT2D eigenvalue weighted by molar-refractivity contribution is 6.25. The van der Waals surface area contributed by atoms with Crippen molar-refractivity contribution in [3.8, 4) is 0 Å². The van der Waals surface area contributed by atoms with Gasteiger partial charge in [-0.25, -0.2) is 4.79 Å². The molecule has 0 radical (unpaired) electrons. The zero-order valence-electron chi connectivity index (χ0n) is 12.4. The first-order valence-corrected chi connectivity index (χ1v) is 6.74. The van der Waals surface area contributed by atoms with Crippen LogP contribution in [0.4, 0.5) is 5.69 Å². The van der Waals surface area contributed by atoms with E-state index in [4.69, 9.17) is 0 Å². The Kier molecular flexibility index (Phi) is 4.26. The SMILES string of the molecule is CC1=NC(C)C(C(=O)O)C(c2cccc([N+](=O)[O-])c2)=C1C(=O)O. The van der Waals surface area contributed by atoms with Gasteiger partial charge >= 0.3 is 11.9 Å². The lowest BCUT2D eigenvalue weighted by Crippen LogP contribution is -2.33. The van der Waals surface area contributed by atoms with Gasteiger partial charge in [0.1, 0.15) is 5.92 Å². The molecule has 0 aromatic heterocycles. The van der Waals surface area contributed by atoms with Gasteiger partial charge in [0, 0.05) is 17.8 Å². The van der Waals surface area contributed by atoms with Gasteiger partial charge in [0.05, 0.1) is 16.5 Å². The van der Waals surface area contributed by atoms with Gasteiger partial charge in [-0.3, -0.25) is 19.9 Å². The molecule has 0 bridgehead atoms. The number of dihydropyridines is 1. The average molecular weight is 318 g/mol. The van der Waals surface area contributed by atoms with Crippen LogP contribution in [-0.2, 0) is 9.59 Å². The van der Waals surface area contributed by atoms with Gasteiger partial charge in [0.15, 0.2) is 0 Å². The van der Waals surface area contributed by atoms with Crippen molar-refractivity contribution < 1.29 is 24.7 Å². The molecule has 1 aromatic carbocycles. The molecule has 2 atom stereocenters. The van der Waals surface area contributed by atoms with E-state index in [1.54, 1.807) is 6.92 Å². The van der Waals surface area contributed by atoms with Gasteiger partial charge in [-0.1, -0.05) is 12.1 Å². The lowest BCUT2D eigenvalue weighted by molar-refractivity contribution is -0.384. The molecule has 1 heterocycles. The second-order valence-electron chi connectivity index (χ2n) is 5.17. The molecule has 1 aromatic rings. The molecule has 0 aliphatic carbocycles. The van der Waals surface area contributed by atoms with E-state index >= 15 is 0 Å². The van der Waals surface area contributed by atoms with Crippen LogP contribution in [0.15, 0.2) is 34.8 Å². The first kappa shape index (κ1) is 16.3. The highest BCUT2D eigenvalue weighted by atomic mass is 16.6. The molecule has 0 fully saturated rings. The lowest BCUT2D eigenvalue weighted by Gasteiger charge is -2.27. The number of nitrogens with zero attached hydrogens (tertiary/aromatic N) is 2. The summed E-state index contributed by atoms with van der Waals surface area (Å²) in [7, 11) is 0. The van der Waals surface area contributed by atoms with E-state index in [0.717, 1.165) is 0 Å². The van der Waals surface area contributed by atoms with Crippen molar-refractivity contribution in [1.29, 1.82) is 0 Å². The summed E-state index contributed by atoms with van der Waals surface area (Å²) in [6.45, 7) is 3.05. The number of aliphatic carboxylic acids is 2. The minimum atomic E-state index is -1.31. The second-order valence-corrected chi connectivity index (χ2v) is 5.17. The van der Waals surface area contributed by atoms with E-state index in [1.165, 1.54) is 31.2 Å². The number of carboxylic acid groups (broad SMARTS) is 2. The Bertz CT molecular complexity index is 765. The maximum absolute atomic E-state index is 11.6. The molecule has 23 heavy (non-hydrogen) atoms. The Morgan fingerprint density at radius 3 is 2.48 bits per heavy atom. The molecular formula is C15H14N2O6. The van der Waals surface area contributed by atoms with E-state index in [1.807, 2.05) is 0 Å². The first-order valence-electron chi connectivity index (χ1n) is 6.74. The minimum absolute atomic E-state index is 0.0358. The number of carbonyl (C=O) groups is 2. The van der Waals surface area contributed by atoms with Crippen molar-refractivity contribution in [2.75, 3.05) is 0 Å². The summed E-state index contributed by atoms with van der Waals surface area (Å²) in [5.41, 5.74) is -0.0319. The Labute approximate surface area is 130 Å². The Balaban J connectivity index is 2.78. The fourth-order valence-electron chi connectivity index (χ4n) is 2.75. The Morgan fingerprint density at radius 1 is 1.30 bits per heavy atom. The number of hydrogen-bond donors (Lipinski definition) is 2. The quantitative estimate of drug-likeness (QED) is 0.645. The molecule has 8 nitrogen and oxygen atoms in total. The maximum Gasteiger partial charge on any atom is 0.337 e. The van der Waals surface area contributed by atoms with E-state index < -0.39 is 28.8 Å². The van der Waals surface area contributed by atoms with Crippen molar-refractivity contribution in [2.24, 2.45) is 10.9 Å². The number of hydrogen-bond acceptors (Lipinski definition) is 5. The third-order valence-corrected chi connectivity index (χ3v) is 3.67. The van der Waals surface area contributed by atoms with Crippen LogP contribution in [0.1, 0.15) is 19.4 Å². The lowest BCUT2D eigenvalue weighted by atomic mass is 9.80. The summed E-state index contributed by atoms with van der Waals surface area (Å²) in [6.07, 6.45) is 0. The van der Waals surface area contributed by atoms with Crippen LogP contribution in [0, 0.1) is 16.0 Å². The molecule has 0 spiro atoms. The predicted octanol–water partition coefficient (Wildman–Crippen LogP) is 2.00. The Morgan fingerprint density at radius 2 is 1.96 bits per heavy atom. The molecule has 2 rings (SSSR count). The van der Waals surface area contributed by atoms with Gasteiger partial charge < -0.3 is 10.2 Å². The van der Waals surface area contributed by atoms with E-state index in [9.17, 15) is 29.9 Å². The first-order chi connectivity index (χ1) is 10.7. The number of nitro benzene ring substituents is 1. The van der Waals surface area contributed by atoms with Crippen LogP contribution < -0.4 is 0 Å². The minimum Gasteiger partial charge on any atom is -0.481 e. The summed E-state index contributed by atoms with van der Waals surface area (Å²) in [5, 5.41) is 29.8. The monoisotopic (exact) mass is 318 g/mol. The second kappa shape index (κ2) is 5.99. The molecule has 2 N–H and O–H groups in total. The van der Waals surface area contributed by atoms with E-state index in [-0.39, 0.29) is 28.1 Å². The molecular weight excluding hydrogens is 304 g/mol. The van der Waals surface area contributed by atoms with Crippen LogP contribution in [0.3, 0.4) is 0 Å². The zero-order valence-corrected chi connectivity index (χ0v) is 12.4. The molecule has 0 amide bonds. The summed E-state index contributed by atoms with van der Waals surface area (Å²) in [6, 6.07) is 4.62. The summed E-state index contributed by atoms with van der Waals surface area (Å²) in [5.74, 6) is -3.73. The Hall–Kier alpha value is -3.03. The van der Waals surface area contributed by atoms with Crippen molar-refractivity contribution in [3.05, 3.63) is 45.5 Å². The number of nitro groups is 1. The number of carboxylic acids is 2. The third-order valence-electron chi connectivity index (χ3n) is 3.67.